The fourth-order valence-corrected chi connectivity index (χ4v) is 3.69. The first kappa shape index (κ1) is 21.8. The lowest BCUT2D eigenvalue weighted by atomic mass is 10.2. The summed E-state index contributed by atoms with van der Waals surface area (Å²) in [6, 6.07) is 17.3. The number of aryl methyl sites for hydroxylation is 1. The van der Waals surface area contributed by atoms with Crippen LogP contribution in [0.15, 0.2) is 76.7 Å². The fraction of sp³-hybridized carbons (Fsp3) is 0.0476. The number of esters is 1. The molecule has 0 aliphatic rings. The highest BCUT2D eigenvalue weighted by molar-refractivity contribution is 7.89. The van der Waals surface area contributed by atoms with Gasteiger partial charge in [0, 0.05) is 5.02 Å². The summed E-state index contributed by atoms with van der Waals surface area (Å²) in [7, 11) is -3.78. The second kappa shape index (κ2) is 9.30. The molecule has 9 heteroatoms. The zero-order valence-electron chi connectivity index (χ0n) is 15.7. The summed E-state index contributed by atoms with van der Waals surface area (Å²) in [6.07, 6.45) is 1.30. The molecular weight excluding hydrogens is 447 g/mol. The lowest BCUT2D eigenvalue weighted by molar-refractivity contribution is 0.0735. The smallest absolute Gasteiger partial charge is 0.345 e. The van der Waals surface area contributed by atoms with Gasteiger partial charge in [0.2, 0.25) is 0 Å². The van der Waals surface area contributed by atoms with Crippen LogP contribution >= 0.6 is 23.2 Å². The molecule has 0 amide bonds. The Labute approximate surface area is 184 Å². The van der Waals surface area contributed by atoms with Gasteiger partial charge in [-0.1, -0.05) is 53.0 Å². The van der Waals surface area contributed by atoms with Crippen molar-refractivity contribution in [1.29, 1.82) is 0 Å². The summed E-state index contributed by atoms with van der Waals surface area (Å²) < 4.78 is 29.8. The maximum atomic E-state index is 12.3. The van der Waals surface area contributed by atoms with Crippen molar-refractivity contribution < 1.29 is 17.9 Å². The molecular formula is C21H16Cl2N2O4S. The second-order valence-electron chi connectivity index (χ2n) is 6.25. The van der Waals surface area contributed by atoms with Crippen molar-refractivity contribution in [2.45, 2.75) is 11.8 Å². The number of carbonyl (C=O) groups excluding carboxylic acids is 1. The average Bonchev–Trinajstić information content (AvgIpc) is 2.68. The average molecular weight is 463 g/mol. The second-order valence-corrected chi connectivity index (χ2v) is 8.76. The van der Waals surface area contributed by atoms with E-state index in [2.05, 4.69) is 9.93 Å². The zero-order valence-corrected chi connectivity index (χ0v) is 18.0. The molecule has 0 saturated heterocycles. The molecule has 1 N–H and O–H groups in total. The Kier molecular flexibility index (Phi) is 6.77. The molecule has 0 spiro atoms. The molecule has 0 bridgehead atoms. The van der Waals surface area contributed by atoms with Gasteiger partial charge in [-0.2, -0.15) is 13.5 Å². The molecule has 0 heterocycles. The number of nitrogens with one attached hydrogen (secondary N) is 1. The fourth-order valence-electron chi connectivity index (χ4n) is 2.42. The minimum atomic E-state index is -3.78. The Morgan fingerprint density at radius 2 is 1.77 bits per heavy atom. The normalized spacial score (nSPS) is 11.4. The highest BCUT2D eigenvalue weighted by Gasteiger charge is 2.14. The van der Waals surface area contributed by atoms with E-state index < -0.39 is 16.0 Å². The van der Waals surface area contributed by atoms with E-state index in [1.165, 1.54) is 42.6 Å². The molecule has 154 valence electrons. The molecule has 0 unspecified atom stereocenters. The van der Waals surface area contributed by atoms with E-state index in [-0.39, 0.29) is 21.2 Å². The molecule has 0 radical (unpaired) electrons. The van der Waals surface area contributed by atoms with E-state index in [1.807, 2.05) is 6.92 Å². The van der Waals surface area contributed by atoms with Crippen molar-refractivity contribution in [3.63, 3.8) is 0 Å². The van der Waals surface area contributed by atoms with Gasteiger partial charge in [0.25, 0.3) is 10.0 Å². The van der Waals surface area contributed by atoms with E-state index in [0.29, 0.717) is 10.6 Å². The van der Waals surface area contributed by atoms with Gasteiger partial charge in [0.05, 0.1) is 21.7 Å². The summed E-state index contributed by atoms with van der Waals surface area (Å²) in [4.78, 5) is 14.6. The molecule has 0 atom stereocenters. The van der Waals surface area contributed by atoms with Gasteiger partial charge in [0.15, 0.2) is 0 Å². The van der Waals surface area contributed by atoms with Crippen LogP contribution < -0.4 is 9.57 Å². The summed E-state index contributed by atoms with van der Waals surface area (Å²) in [5.41, 5.74) is 1.64. The van der Waals surface area contributed by atoms with Crippen molar-refractivity contribution in [2.24, 2.45) is 5.10 Å². The van der Waals surface area contributed by atoms with Crippen LogP contribution in [0.25, 0.3) is 0 Å². The van der Waals surface area contributed by atoms with Crippen LogP contribution in [0.5, 0.6) is 5.75 Å². The number of benzene rings is 3. The Morgan fingerprint density at radius 1 is 1.03 bits per heavy atom. The molecule has 0 aliphatic heterocycles. The number of hydrogen-bond acceptors (Lipinski definition) is 5. The SMILES string of the molecule is Cc1ccc(S(=O)(=O)N/N=C/c2cccc(OC(=O)c3ccc(Cl)cc3Cl)c2)cc1. The number of carbonyl (C=O) groups is 1. The minimum absolute atomic E-state index is 0.104. The quantitative estimate of drug-likeness (QED) is 0.246. The van der Waals surface area contributed by atoms with Crippen LogP contribution in [-0.4, -0.2) is 20.6 Å². The zero-order chi connectivity index (χ0) is 21.7. The van der Waals surface area contributed by atoms with Gasteiger partial charge in [-0.3, -0.25) is 0 Å². The van der Waals surface area contributed by atoms with E-state index in [0.717, 1.165) is 5.56 Å². The summed E-state index contributed by atoms with van der Waals surface area (Å²) in [5.74, 6) is -0.401. The first-order chi connectivity index (χ1) is 14.2. The van der Waals surface area contributed by atoms with Crippen LogP contribution in [0.1, 0.15) is 21.5 Å². The number of rotatable bonds is 6. The number of sulfonamides is 1. The number of halogens is 2. The highest BCUT2D eigenvalue weighted by atomic mass is 35.5. The first-order valence-corrected chi connectivity index (χ1v) is 10.9. The molecule has 3 aromatic rings. The summed E-state index contributed by atoms with van der Waals surface area (Å²) >= 11 is 11.8. The lowest BCUT2D eigenvalue weighted by Gasteiger charge is -2.07. The van der Waals surface area contributed by atoms with Gasteiger partial charge in [-0.15, -0.1) is 0 Å². The van der Waals surface area contributed by atoms with Crippen molar-refractivity contribution in [3.05, 3.63) is 93.5 Å². The van der Waals surface area contributed by atoms with E-state index in [4.69, 9.17) is 27.9 Å². The monoisotopic (exact) mass is 462 g/mol. The van der Waals surface area contributed by atoms with Crippen LogP contribution in [0.2, 0.25) is 10.0 Å². The van der Waals surface area contributed by atoms with Crippen LogP contribution in [0.4, 0.5) is 0 Å². The standard InChI is InChI=1S/C21H16Cl2N2O4S/c1-14-5-8-18(9-6-14)30(27,28)25-24-13-15-3-2-4-17(11-15)29-21(26)19-10-7-16(22)12-20(19)23/h2-13,25H,1H3/b24-13+. The molecule has 0 saturated carbocycles. The minimum Gasteiger partial charge on any atom is -0.423 e. The largest absolute Gasteiger partial charge is 0.423 e. The van der Waals surface area contributed by atoms with Crippen LogP contribution in [-0.2, 0) is 10.0 Å². The predicted octanol–water partition coefficient (Wildman–Crippen LogP) is 4.83. The molecule has 3 rings (SSSR count). The van der Waals surface area contributed by atoms with Gasteiger partial charge in [-0.05, 0) is 55.0 Å². The van der Waals surface area contributed by atoms with Gasteiger partial charge >= 0.3 is 5.97 Å². The third kappa shape index (κ3) is 5.60. The van der Waals surface area contributed by atoms with Crippen molar-refractivity contribution in [1.82, 2.24) is 4.83 Å². The topological polar surface area (TPSA) is 84.8 Å². The molecule has 0 fully saturated rings. The molecule has 30 heavy (non-hydrogen) atoms. The van der Waals surface area contributed by atoms with Gasteiger partial charge in [0.1, 0.15) is 5.75 Å². The van der Waals surface area contributed by atoms with Crippen molar-refractivity contribution >= 4 is 45.4 Å². The van der Waals surface area contributed by atoms with Gasteiger partial charge < -0.3 is 4.74 Å². The van der Waals surface area contributed by atoms with E-state index in [9.17, 15) is 13.2 Å². The third-order valence-corrected chi connectivity index (χ3v) is 5.72. The summed E-state index contributed by atoms with van der Waals surface area (Å²) in [6.45, 7) is 1.86. The summed E-state index contributed by atoms with van der Waals surface area (Å²) in [5, 5.41) is 4.36. The maximum absolute atomic E-state index is 12.3. The number of hydrogen-bond donors (Lipinski definition) is 1. The van der Waals surface area contributed by atoms with Crippen molar-refractivity contribution in [3.8, 4) is 5.75 Å². The van der Waals surface area contributed by atoms with E-state index >= 15 is 0 Å². The Morgan fingerprint density at radius 3 is 2.47 bits per heavy atom. The number of nitrogens with zero attached hydrogens (tertiary/aromatic N) is 1. The number of ether oxygens (including phenoxy) is 1. The van der Waals surface area contributed by atoms with Crippen LogP contribution in [0, 0.1) is 6.92 Å². The Balaban J connectivity index is 1.69. The third-order valence-electron chi connectivity index (χ3n) is 3.94. The predicted molar refractivity (Wildman–Crippen MR) is 117 cm³/mol. The van der Waals surface area contributed by atoms with Crippen LogP contribution in [0.3, 0.4) is 0 Å². The lowest BCUT2D eigenvalue weighted by Crippen LogP contribution is -2.18. The highest BCUT2D eigenvalue weighted by Crippen LogP contribution is 2.23. The molecule has 6 nitrogen and oxygen atoms in total. The Bertz CT molecular complexity index is 1210. The Hall–Kier alpha value is -2.87. The first-order valence-electron chi connectivity index (χ1n) is 8.63. The molecule has 0 aliphatic carbocycles. The van der Waals surface area contributed by atoms with Gasteiger partial charge in [-0.25, -0.2) is 9.63 Å². The molecule has 3 aromatic carbocycles. The number of hydrazone groups is 1. The molecule has 0 aromatic heterocycles. The maximum Gasteiger partial charge on any atom is 0.345 e. The van der Waals surface area contributed by atoms with Crippen molar-refractivity contribution in [2.75, 3.05) is 0 Å². The van der Waals surface area contributed by atoms with E-state index in [1.54, 1.807) is 30.3 Å².